The predicted molar refractivity (Wildman–Crippen MR) is 257 cm³/mol. The van der Waals surface area contributed by atoms with Crippen molar-refractivity contribution in [1.82, 2.24) is 5.32 Å². The Morgan fingerprint density at radius 1 is 0.547 bits per heavy atom. The molecule has 1 aliphatic carbocycles. The first-order valence-corrected chi connectivity index (χ1v) is 27.4. The molecule has 0 aromatic carbocycles. The maximum atomic E-state index is 13.0. The maximum absolute atomic E-state index is 13.0. The molecular weight excluding hydrogens is 838 g/mol. The first kappa shape index (κ1) is 60.8. The molecule has 0 heterocycles. The number of amides is 1. The number of aliphatic hydroxyl groups is 7. The molecule has 1 rings (SSSR count). The molecule has 1 amide bonds. The Hall–Kier alpha value is -1.22. The molecule has 1 saturated carbocycles. The number of phosphoric ester groups is 1. The second-order valence-corrected chi connectivity index (χ2v) is 20.0. The lowest BCUT2D eigenvalue weighted by atomic mass is 9.85. The number of allylic oxidation sites excluding steroid dienone is 3. The molecule has 64 heavy (non-hydrogen) atoms. The van der Waals surface area contributed by atoms with Gasteiger partial charge in [-0.05, 0) is 44.9 Å². The molecule has 9 N–H and O–H groups in total. The van der Waals surface area contributed by atoms with Crippen molar-refractivity contribution in [3.63, 3.8) is 0 Å². The van der Waals surface area contributed by atoms with Crippen LogP contribution in [0.3, 0.4) is 0 Å². The lowest BCUT2D eigenvalue weighted by molar-refractivity contribution is -0.220. The van der Waals surface area contributed by atoms with Crippen LogP contribution in [0.4, 0.5) is 0 Å². The van der Waals surface area contributed by atoms with Gasteiger partial charge < -0.3 is 46.0 Å². The Bertz CT molecular complexity index is 1190. The van der Waals surface area contributed by atoms with Gasteiger partial charge in [-0.2, -0.15) is 0 Å². The fourth-order valence-electron chi connectivity index (χ4n) is 8.30. The second kappa shape index (κ2) is 39.7. The maximum Gasteiger partial charge on any atom is 0.472 e. The minimum atomic E-state index is -5.14. The average molecular weight is 934 g/mol. The van der Waals surface area contributed by atoms with Crippen molar-refractivity contribution < 1.29 is 59.0 Å². The van der Waals surface area contributed by atoms with Gasteiger partial charge in [0.05, 0.1) is 31.3 Å². The van der Waals surface area contributed by atoms with Gasteiger partial charge in [-0.25, -0.2) is 4.57 Å². The van der Waals surface area contributed by atoms with Crippen molar-refractivity contribution in [2.75, 3.05) is 6.61 Å². The van der Waals surface area contributed by atoms with E-state index in [4.69, 9.17) is 9.05 Å². The highest BCUT2D eigenvalue weighted by molar-refractivity contribution is 7.47. The third-order valence-corrected chi connectivity index (χ3v) is 13.5. The minimum Gasteiger partial charge on any atom is -0.393 e. The fourth-order valence-corrected chi connectivity index (χ4v) is 9.26. The highest BCUT2D eigenvalue weighted by Gasteiger charge is 2.51. The molecule has 1 aliphatic rings. The van der Waals surface area contributed by atoms with Gasteiger partial charge in [-0.15, -0.1) is 0 Å². The molecule has 0 saturated heterocycles. The molecule has 0 aromatic rings. The summed E-state index contributed by atoms with van der Waals surface area (Å²) in [6, 6.07) is -1.24. The lowest BCUT2D eigenvalue weighted by Crippen LogP contribution is -2.64. The van der Waals surface area contributed by atoms with Crippen LogP contribution in [0, 0.1) is 0 Å². The van der Waals surface area contributed by atoms with E-state index in [1.165, 1.54) is 134 Å². The van der Waals surface area contributed by atoms with Gasteiger partial charge in [-0.3, -0.25) is 13.8 Å². The minimum absolute atomic E-state index is 0.249. The molecule has 1 fully saturated rings. The molecule has 0 aromatic heterocycles. The quantitative estimate of drug-likeness (QED) is 0.0158. The van der Waals surface area contributed by atoms with Crippen LogP contribution >= 0.6 is 7.82 Å². The van der Waals surface area contributed by atoms with Gasteiger partial charge in [0, 0.05) is 0 Å². The van der Waals surface area contributed by atoms with Crippen LogP contribution in [0.25, 0.3) is 0 Å². The SMILES string of the molecule is CCCCCCCCCCCCC/C=C/C(O)C(COP(=O)(O)OC1C(O)C(O)C(O)C(O)C1O)NC(=O)CC(O)CCCCCCC/C=C\CCCCCCCCCCCCCC. The van der Waals surface area contributed by atoms with Crippen LogP contribution in [0.15, 0.2) is 24.3 Å². The number of carbonyl (C=O) groups is 1. The molecular formula is C50H96NO12P. The fraction of sp³-hybridized carbons (Fsp3) is 0.900. The van der Waals surface area contributed by atoms with Gasteiger partial charge in [0.15, 0.2) is 0 Å². The van der Waals surface area contributed by atoms with Crippen LogP contribution in [0.5, 0.6) is 0 Å². The number of phosphoric acid groups is 1. The summed E-state index contributed by atoms with van der Waals surface area (Å²) in [5.41, 5.74) is 0. The zero-order valence-corrected chi connectivity index (χ0v) is 41.1. The molecule has 8 unspecified atom stereocenters. The summed E-state index contributed by atoms with van der Waals surface area (Å²) in [4.78, 5) is 23.5. The van der Waals surface area contributed by atoms with E-state index in [2.05, 4.69) is 31.3 Å². The largest absolute Gasteiger partial charge is 0.472 e. The summed E-state index contributed by atoms with van der Waals surface area (Å²) in [6.07, 6.45) is 31.2. The highest BCUT2D eigenvalue weighted by atomic mass is 31.2. The van der Waals surface area contributed by atoms with E-state index in [1.54, 1.807) is 6.08 Å². The Kier molecular flexibility index (Phi) is 37.8. The number of carbonyl (C=O) groups excluding carboxylic acids is 1. The van der Waals surface area contributed by atoms with E-state index in [0.717, 1.165) is 64.2 Å². The third-order valence-electron chi connectivity index (χ3n) is 12.5. The van der Waals surface area contributed by atoms with E-state index in [9.17, 15) is 50.0 Å². The molecule has 0 aliphatic heterocycles. The molecule has 0 spiro atoms. The van der Waals surface area contributed by atoms with Gasteiger partial charge in [-0.1, -0.05) is 199 Å². The Morgan fingerprint density at radius 2 is 0.906 bits per heavy atom. The number of aliphatic hydroxyl groups excluding tert-OH is 7. The van der Waals surface area contributed by atoms with Gasteiger partial charge in [0.1, 0.15) is 36.6 Å². The summed E-state index contributed by atoms with van der Waals surface area (Å²) >= 11 is 0. The topological polar surface area (TPSA) is 226 Å². The summed E-state index contributed by atoms with van der Waals surface area (Å²) in [5, 5.41) is 74.6. The Balaban J connectivity index is 2.44. The summed E-state index contributed by atoms with van der Waals surface area (Å²) in [7, 11) is -5.14. The third kappa shape index (κ3) is 30.9. The van der Waals surface area contributed by atoms with Crippen molar-refractivity contribution >= 4 is 13.7 Å². The lowest BCUT2D eigenvalue weighted by Gasteiger charge is -2.41. The first-order chi connectivity index (χ1) is 30.8. The highest BCUT2D eigenvalue weighted by Crippen LogP contribution is 2.47. The zero-order chi connectivity index (χ0) is 47.3. The average Bonchev–Trinajstić information content (AvgIpc) is 3.27. The van der Waals surface area contributed by atoms with Crippen LogP contribution < -0.4 is 5.32 Å². The summed E-state index contributed by atoms with van der Waals surface area (Å²) in [6.45, 7) is 3.75. The van der Waals surface area contributed by atoms with Crippen molar-refractivity contribution in [2.45, 2.75) is 281 Å². The molecule has 13 nitrogen and oxygen atoms in total. The second-order valence-electron chi connectivity index (χ2n) is 18.6. The first-order valence-electron chi connectivity index (χ1n) is 25.9. The van der Waals surface area contributed by atoms with Crippen LogP contribution in [0.1, 0.15) is 226 Å². The molecule has 378 valence electrons. The number of hydrogen-bond acceptors (Lipinski definition) is 11. The van der Waals surface area contributed by atoms with Crippen molar-refractivity contribution in [2.24, 2.45) is 0 Å². The van der Waals surface area contributed by atoms with Gasteiger partial charge >= 0.3 is 7.82 Å². The molecule has 0 radical (unpaired) electrons. The van der Waals surface area contributed by atoms with Crippen LogP contribution in [-0.4, -0.2) is 108 Å². The van der Waals surface area contributed by atoms with Crippen LogP contribution in [0.2, 0.25) is 0 Å². The normalized spacial score (nSPS) is 22.8. The van der Waals surface area contributed by atoms with Crippen LogP contribution in [-0.2, 0) is 18.4 Å². The Labute approximate surface area is 388 Å². The van der Waals surface area contributed by atoms with E-state index in [-0.39, 0.29) is 6.42 Å². The predicted octanol–water partition coefficient (Wildman–Crippen LogP) is 9.54. The molecule has 8 atom stereocenters. The van der Waals surface area contributed by atoms with Crippen molar-refractivity contribution in [3.05, 3.63) is 24.3 Å². The van der Waals surface area contributed by atoms with Gasteiger partial charge in [0.2, 0.25) is 5.91 Å². The number of hydrogen-bond donors (Lipinski definition) is 9. The number of unbranched alkanes of at least 4 members (excludes halogenated alkanes) is 28. The van der Waals surface area contributed by atoms with Gasteiger partial charge in [0.25, 0.3) is 0 Å². The molecule has 14 heteroatoms. The summed E-state index contributed by atoms with van der Waals surface area (Å²) < 4.78 is 22.9. The Morgan fingerprint density at radius 3 is 1.33 bits per heavy atom. The number of rotatable bonds is 43. The smallest absolute Gasteiger partial charge is 0.393 e. The van der Waals surface area contributed by atoms with E-state index in [1.807, 2.05) is 0 Å². The molecule has 0 bridgehead atoms. The standard InChI is InChI=1S/C50H96NO12P/c1-3-5-7-9-11-13-15-17-18-19-20-21-22-23-24-26-27-29-31-33-35-37-41(52)39-44(54)51-42(43(53)38-36-34-32-30-28-25-16-14-12-10-8-6-4-2)40-62-64(60,61)63-50-48(58)46(56)45(55)47(57)49(50)59/h23-24,36,38,41-43,45-50,52-53,55-59H,3-22,25-35,37,39-40H2,1-2H3,(H,51,54)(H,60,61)/b24-23-,38-36+. The van der Waals surface area contributed by atoms with Crippen molar-refractivity contribution in [3.8, 4) is 0 Å². The van der Waals surface area contributed by atoms with E-state index in [0.29, 0.717) is 12.8 Å². The van der Waals surface area contributed by atoms with Crippen molar-refractivity contribution in [1.29, 1.82) is 0 Å². The summed E-state index contributed by atoms with van der Waals surface area (Å²) in [5.74, 6) is -0.596. The number of nitrogens with one attached hydrogen (secondary N) is 1. The van der Waals surface area contributed by atoms with E-state index >= 15 is 0 Å². The monoisotopic (exact) mass is 934 g/mol. The van der Waals surface area contributed by atoms with E-state index < -0.39 is 75.2 Å². The zero-order valence-electron chi connectivity index (χ0n) is 40.2.